The summed E-state index contributed by atoms with van der Waals surface area (Å²) in [5, 5.41) is 10.4. The van der Waals surface area contributed by atoms with Gasteiger partial charge in [0.25, 0.3) is 0 Å². The van der Waals surface area contributed by atoms with E-state index in [9.17, 15) is 4.79 Å². The van der Waals surface area contributed by atoms with Crippen molar-refractivity contribution in [2.45, 2.75) is 45.1 Å². The minimum absolute atomic E-state index is 0. The van der Waals surface area contributed by atoms with Crippen LogP contribution < -0.4 is 10.6 Å². The largest absolute Gasteiger partial charge is 0.356 e. The summed E-state index contributed by atoms with van der Waals surface area (Å²) in [7, 11) is 1.79. The molecule has 1 aromatic rings. The third-order valence-corrected chi connectivity index (χ3v) is 4.82. The second-order valence-electron chi connectivity index (χ2n) is 7.53. The highest BCUT2D eigenvalue weighted by Gasteiger charge is 2.25. The van der Waals surface area contributed by atoms with E-state index in [1.54, 1.807) is 7.05 Å². The molecule has 158 valence electrons. The topological polar surface area (TPSA) is 98.9 Å². The van der Waals surface area contributed by atoms with E-state index in [4.69, 9.17) is 4.52 Å². The lowest BCUT2D eigenvalue weighted by molar-refractivity contribution is -0.122. The van der Waals surface area contributed by atoms with Crippen molar-refractivity contribution in [1.82, 2.24) is 30.6 Å². The molecular weight excluding hydrogens is 473 g/mol. The number of carbonyl (C=O) groups is 1. The van der Waals surface area contributed by atoms with Crippen molar-refractivity contribution < 1.29 is 9.32 Å². The second-order valence-corrected chi connectivity index (χ2v) is 7.53. The fourth-order valence-electron chi connectivity index (χ4n) is 3.04. The molecule has 1 amide bonds. The average Bonchev–Trinajstić information content (AvgIpc) is 3.32. The highest BCUT2D eigenvalue weighted by molar-refractivity contribution is 14.0. The van der Waals surface area contributed by atoms with E-state index in [-0.39, 0.29) is 35.8 Å². The Morgan fingerprint density at radius 1 is 1.29 bits per heavy atom. The normalized spacial score (nSPS) is 18.1. The molecule has 0 bridgehead atoms. The Morgan fingerprint density at radius 2 is 2.00 bits per heavy atom. The molecule has 2 heterocycles. The molecule has 1 aliphatic heterocycles. The number of halogens is 1. The summed E-state index contributed by atoms with van der Waals surface area (Å²) in [4.78, 5) is 25.1. The lowest BCUT2D eigenvalue weighted by Gasteiger charge is -2.36. The Bertz CT molecular complexity index is 652. The van der Waals surface area contributed by atoms with E-state index in [2.05, 4.69) is 35.6 Å². The molecular formula is C18H32IN7O2. The first kappa shape index (κ1) is 22.9. The first-order valence-corrected chi connectivity index (χ1v) is 9.85. The third-order valence-electron chi connectivity index (χ3n) is 4.82. The zero-order valence-electron chi connectivity index (χ0n) is 17.0. The Hall–Kier alpha value is -1.43. The van der Waals surface area contributed by atoms with Crippen molar-refractivity contribution >= 4 is 35.8 Å². The molecule has 1 aromatic heterocycles. The molecule has 0 atom stereocenters. The standard InChI is InChI=1S/C18H31N7O2.HI/c1-13(2)17-22-16(27-23-17)6-7-20-18(19-3)25-10-8-24(9-11-25)12-15(26)21-14-4-5-14;/h13-14H,4-12H2,1-3H3,(H,19,20)(H,21,26);1H. The number of piperazine rings is 1. The van der Waals surface area contributed by atoms with Crippen LogP contribution in [0.5, 0.6) is 0 Å². The first-order chi connectivity index (χ1) is 13.0. The summed E-state index contributed by atoms with van der Waals surface area (Å²) in [6, 6.07) is 0.428. The quantitative estimate of drug-likeness (QED) is 0.322. The molecule has 0 aromatic carbocycles. The van der Waals surface area contributed by atoms with Gasteiger partial charge < -0.3 is 20.1 Å². The molecule has 9 nitrogen and oxygen atoms in total. The van der Waals surface area contributed by atoms with Gasteiger partial charge in [0.2, 0.25) is 11.8 Å². The summed E-state index contributed by atoms with van der Waals surface area (Å²) >= 11 is 0. The molecule has 2 N–H and O–H groups in total. The van der Waals surface area contributed by atoms with Gasteiger partial charge in [0.05, 0.1) is 6.54 Å². The minimum Gasteiger partial charge on any atom is -0.356 e. The average molecular weight is 505 g/mol. The van der Waals surface area contributed by atoms with Crippen LogP contribution in [0.1, 0.15) is 44.3 Å². The molecule has 2 fully saturated rings. The van der Waals surface area contributed by atoms with Gasteiger partial charge >= 0.3 is 0 Å². The maximum absolute atomic E-state index is 11.9. The van der Waals surface area contributed by atoms with Crippen LogP contribution in [0.25, 0.3) is 0 Å². The van der Waals surface area contributed by atoms with E-state index in [1.165, 1.54) is 0 Å². The summed E-state index contributed by atoms with van der Waals surface area (Å²) in [6.07, 6.45) is 2.92. The highest BCUT2D eigenvalue weighted by atomic mass is 127. The summed E-state index contributed by atoms with van der Waals surface area (Å²) in [5.41, 5.74) is 0. The number of rotatable bonds is 7. The monoisotopic (exact) mass is 505 g/mol. The van der Waals surface area contributed by atoms with Gasteiger partial charge in [-0.15, -0.1) is 24.0 Å². The van der Waals surface area contributed by atoms with E-state index < -0.39 is 0 Å². The van der Waals surface area contributed by atoms with Crippen LogP contribution in [0.4, 0.5) is 0 Å². The van der Waals surface area contributed by atoms with Gasteiger partial charge in [-0.3, -0.25) is 14.7 Å². The summed E-state index contributed by atoms with van der Waals surface area (Å²) in [6.45, 7) is 8.71. The van der Waals surface area contributed by atoms with Crippen LogP contribution in [0.2, 0.25) is 0 Å². The number of amides is 1. The third kappa shape index (κ3) is 6.87. The van der Waals surface area contributed by atoms with Gasteiger partial charge in [0, 0.05) is 58.2 Å². The van der Waals surface area contributed by atoms with Crippen LogP contribution in [-0.4, -0.2) is 84.2 Å². The minimum atomic E-state index is 0. The van der Waals surface area contributed by atoms with Crippen molar-refractivity contribution in [2.75, 3.05) is 46.3 Å². The number of guanidine groups is 1. The van der Waals surface area contributed by atoms with E-state index in [1.807, 2.05) is 13.8 Å². The summed E-state index contributed by atoms with van der Waals surface area (Å²) < 4.78 is 5.27. The number of hydrogen-bond donors (Lipinski definition) is 2. The highest BCUT2D eigenvalue weighted by Crippen LogP contribution is 2.18. The first-order valence-electron chi connectivity index (χ1n) is 9.85. The molecule has 3 rings (SSSR count). The SMILES string of the molecule is CN=C(NCCc1nc(C(C)C)no1)N1CCN(CC(=O)NC2CC2)CC1.I. The van der Waals surface area contributed by atoms with Gasteiger partial charge in [-0.25, -0.2) is 0 Å². The van der Waals surface area contributed by atoms with Crippen LogP contribution in [0, 0.1) is 0 Å². The van der Waals surface area contributed by atoms with Crippen molar-refractivity contribution in [3.05, 3.63) is 11.7 Å². The van der Waals surface area contributed by atoms with Gasteiger partial charge in [-0.05, 0) is 12.8 Å². The molecule has 0 radical (unpaired) electrons. The number of carbonyl (C=O) groups excluding carboxylic acids is 1. The molecule has 1 aliphatic carbocycles. The molecule has 0 unspecified atom stereocenters. The molecule has 10 heteroatoms. The van der Waals surface area contributed by atoms with Gasteiger partial charge in [0.15, 0.2) is 11.8 Å². The smallest absolute Gasteiger partial charge is 0.234 e. The Morgan fingerprint density at radius 3 is 2.57 bits per heavy atom. The Labute approximate surface area is 183 Å². The molecule has 1 saturated heterocycles. The van der Waals surface area contributed by atoms with Crippen LogP contribution >= 0.6 is 24.0 Å². The maximum atomic E-state index is 11.9. The van der Waals surface area contributed by atoms with Crippen molar-refractivity contribution in [3.63, 3.8) is 0 Å². The molecule has 0 spiro atoms. The Balaban J connectivity index is 0.00000280. The fraction of sp³-hybridized carbons (Fsp3) is 0.778. The number of aliphatic imine (C=N–C) groups is 1. The lowest BCUT2D eigenvalue weighted by atomic mass is 10.2. The molecule has 2 aliphatic rings. The van der Waals surface area contributed by atoms with Crippen molar-refractivity contribution in [2.24, 2.45) is 4.99 Å². The second kappa shape index (κ2) is 10.9. The van der Waals surface area contributed by atoms with Gasteiger partial charge in [-0.2, -0.15) is 4.98 Å². The van der Waals surface area contributed by atoms with Crippen LogP contribution in [0.3, 0.4) is 0 Å². The zero-order valence-corrected chi connectivity index (χ0v) is 19.3. The molecule has 1 saturated carbocycles. The van der Waals surface area contributed by atoms with E-state index in [0.717, 1.165) is 50.8 Å². The number of aromatic nitrogens is 2. The lowest BCUT2D eigenvalue weighted by Crippen LogP contribution is -2.54. The van der Waals surface area contributed by atoms with Gasteiger partial charge in [0.1, 0.15) is 0 Å². The van der Waals surface area contributed by atoms with Crippen molar-refractivity contribution in [1.29, 1.82) is 0 Å². The predicted octanol–water partition coefficient (Wildman–Crippen LogP) is 0.825. The fourth-order valence-corrected chi connectivity index (χ4v) is 3.04. The number of hydrogen-bond acceptors (Lipinski definition) is 6. The van der Waals surface area contributed by atoms with E-state index >= 15 is 0 Å². The molecule has 28 heavy (non-hydrogen) atoms. The number of nitrogens with one attached hydrogen (secondary N) is 2. The van der Waals surface area contributed by atoms with Gasteiger partial charge in [-0.1, -0.05) is 19.0 Å². The zero-order chi connectivity index (χ0) is 19.2. The van der Waals surface area contributed by atoms with Crippen LogP contribution in [-0.2, 0) is 11.2 Å². The maximum Gasteiger partial charge on any atom is 0.234 e. The van der Waals surface area contributed by atoms with Crippen molar-refractivity contribution in [3.8, 4) is 0 Å². The summed E-state index contributed by atoms with van der Waals surface area (Å²) in [5.74, 6) is 2.68. The Kier molecular flexibility index (Phi) is 8.93. The van der Waals surface area contributed by atoms with E-state index in [0.29, 0.717) is 31.4 Å². The van der Waals surface area contributed by atoms with Crippen LogP contribution in [0.15, 0.2) is 9.52 Å². The predicted molar refractivity (Wildman–Crippen MR) is 118 cm³/mol. The number of nitrogens with zero attached hydrogens (tertiary/aromatic N) is 5.